The second-order valence-corrected chi connectivity index (χ2v) is 3.13. The van der Waals surface area contributed by atoms with E-state index in [1.807, 2.05) is 13.0 Å². The summed E-state index contributed by atoms with van der Waals surface area (Å²) in [5.74, 6) is 0.578. The summed E-state index contributed by atoms with van der Waals surface area (Å²) < 4.78 is 5.19. The first-order valence-electron chi connectivity index (χ1n) is 4.67. The van der Waals surface area contributed by atoms with E-state index in [-0.39, 0.29) is 0 Å². The predicted molar refractivity (Wildman–Crippen MR) is 54.0 cm³/mol. The SMILES string of the molecule is CCOc1ccc([C@@H](N)[C@H](C)O)cn1. The standard InChI is InChI=1S/C10H16N2O2/c1-3-14-9-5-4-8(6-12-9)10(11)7(2)13/h4-7,10,13H,3,11H2,1-2H3/t7-,10-/m0/s1. The summed E-state index contributed by atoms with van der Waals surface area (Å²) in [7, 11) is 0. The molecule has 0 saturated heterocycles. The Kier molecular flexibility index (Phi) is 3.85. The summed E-state index contributed by atoms with van der Waals surface area (Å²) in [4.78, 5) is 4.06. The van der Waals surface area contributed by atoms with Gasteiger partial charge >= 0.3 is 0 Å². The number of aliphatic hydroxyl groups excluding tert-OH is 1. The molecule has 0 unspecified atom stereocenters. The van der Waals surface area contributed by atoms with E-state index in [9.17, 15) is 5.11 Å². The highest BCUT2D eigenvalue weighted by Gasteiger charge is 2.11. The van der Waals surface area contributed by atoms with Gasteiger partial charge in [0.25, 0.3) is 0 Å². The second-order valence-electron chi connectivity index (χ2n) is 3.13. The molecule has 1 aromatic rings. The smallest absolute Gasteiger partial charge is 0.213 e. The first-order valence-corrected chi connectivity index (χ1v) is 4.67. The van der Waals surface area contributed by atoms with Gasteiger partial charge in [-0.1, -0.05) is 6.07 Å². The van der Waals surface area contributed by atoms with E-state index in [4.69, 9.17) is 10.5 Å². The van der Waals surface area contributed by atoms with Gasteiger partial charge in [0.05, 0.1) is 18.8 Å². The van der Waals surface area contributed by atoms with Gasteiger partial charge in [0, 0.05) is 12.3 Å². The quantitative estimate of drug-likeness (QED) is 0.749. The van der Waals surface area contributed by atoms with E-state index in [0.29, 0.717) is 12.5 Å². The largest absolute Gasteiger partial charge is 0.478 e. The molecule has 0 saturated carbocycles. The highest BCUT2D eigenvalue weighted by atomic mass is 16.5. The molecule has 0 aliphatic carbocycles. The Labute approximate surface area is 83.7 Å². The molecule has 4 heteroatoms. The maximum Gasteiger partial charge on any atom is 0.213 e. The first-order chi connectivity index (χ1) is 6.65. The third kappa shape index (κ3) is 2.68. The van der Waals surface area contributed by atoms with Crippen LogP contribution >= 0.6 is 0 Å². The number of hydrogen-bond donors (Lipinski definition) is 2. The number of nitrogens with two attached hydrogens (primary N) is 1. The predicted octanol–water partition coefficient (Wildman–Crippen LogP) is 0.861. The monoisotopic (exact) mass is 196 g/mol. The lowest BCUT2D eigenvalue weighted by molar-refractivity contribution is 0.164. The van der Waals surface area contributed by atoms with Crippen molar-refractivity contribution in [3.63, 3.8) is 0 Å². The van der Waals surface area contributed by atoms with Crippen molar-refractivity contribution < 1.29 is 9.84 Å². The van der Waals surface area contributed by atoms with Gasteiger partial charge in [-0.05, 0) is 19.4 Å². The molecule has 0 aliphatic rings. The van der Waals surface area contributed by atoms with Crippen molar-refractivity contribution in [3.8, 4) is 5.88 Å². The van der Waals surface area contributed by atoms with E-state index in [1.165, 1.54) is 0 Å². The maximum atomic E-state index is 9.26. The van der Waals surface area contributed by atoms with Crippen LogP contribution in [0.2, 0.25) is 0 Å². The molecule has 2 atom stereocenters. The highest BCUT2D eigenvalue weighted by Crippen LogP contribution is 2.15. The van der Waals surface area contributed by atoms with Gasteiger partial charge in [-0.2, -0.15) is 0 Å². The number of ether oxygens (including phenoxy) is 1. The molecule has 0 fully saturated rings. The number of aliphatic hydroxyl groups is 1. The number of rotatable bonds is 4. The minimum Gasteiger partial charge on any atom is -0.478 e. The van der Waals surface area contributed by atoms with Crippen molar-refractivity contribution in [3.05, 3.63) is 23.9 Å². The lowest BCUT2D eigenvalue weighted by atomic mass is 10.1. The Morgan fingerprint density at radius 1 is 1.57 bits per heavy atom. The number of pyridine rings is 1. The fraction of sp³-hybridized carbons (Fsp3) is 0.500. The van der Waals surface area contributed by atoms with Gasteiger partial charge < -0.3 is 15.6 Å². The van der Waals surface area contributed by atoms with Crippen LogP contribution in [0.3, 0.4) is 0 Å². The average molecular weight is 196 g/mol. The highest BCUT2D eigenvalue weighted by molar-refractivity contribution is 5.21. The fourth-order valence-electron chi connectivity index (χ4n) is 1.10. The zero-order valence-electron chi connectivity index (χ0n) is 8.47. The van der Waals surface area contributed by atoms with E-state index < -0.39 is 12.1 Å². The average Bonchev–Trinajstić information content (AvgIpc) is 2.18. The van der Waals surface area contributed by atoms with Crippen LogP contribution in [0.15, 0.2) is 18.3 Å². The fourth-order valence-corrected chi connectivity index (χ4v) is 1.10. The molecule has 78 valence electrons. The molecule has 3 N–H and O–H groups in total. The summed E-state index contributed by atoms with van der Waals surface area (Å²) in [5.41, 5.74) is 6.54. The van der Waals surface area contributed by atoms with Crippen LogP contribution in [0.25, 0.3) is 0 Å². The van der Waals surface area contributed by atoms with Crippen LogP contribution < -0.4 is 10.5 Å². The molecular formula is C10H16N2O2. The molecule has 1 heterocycles. The summed E-state index contributed by atoms with van der Waals surface area (Å²) in [6.45, 7) is 4.15. The van der Waals surface area contributed by atoms with E-state index in [0.717, 1.165) is 5.56 Å². The van der Waals surface area contributed by atoms with Gasteiger partial charge in [-0.15, -0.1) is 0 Å². The number of aromatic nitrogens is 1. The number of hydrogen-bond acceptors (Lipinski definition) is 4. The molecular weight excluding hydrogens is 180 g/mol. The summed E-state index contributed by atoms with van der Waals surface area (Å²) >= 11 is 0. The third-order valence-electron chi connectivity index (χ3n) is 1.96. The van der Waals surface area contributed by atoms with E-state index in [2.05, 4.69) is 4.98 Å². The van der Waals surface area contributed by atoms with E-state index >= 15 is 0 Å². The molecule has 1 rings (SSSR count). The van der Waals surface area contributed by atoms with Crippen molar-refractivity contribution in [2.75, 3.05) is 6.61 Å². The van der Waals surface area contributed by atoms with Crippen molar-refractivity contribution in [2.45, 2.75) is 26.0 Å². The molecule has 0 spiro atoms. The first kappa shape index (κ1) is 10.9. The number of nitrogens with zero attached hydrogens (tertiary/aromatic N) is 1. The van der Waals surface area contributed by atoms with Gasteiger partial charge in [-0.3, -0.25) is 0 Å². The van der Waals surface area contributed by atoms with Crippen molar-refractivity contribution in [1.29, 1.82) is 0 Å². The summed E-state index contributed by atoms with van der Waals surface area (Å²) in [6, 6.07) is 3.18. The Morgan fingerprint density at radius 2 is 2.29 bits per heavy atom. The molecule has 0 aromatic carbocycles. The van der Waals surface area contributed by atoms with Crippen molar-refractivity contribution in [2.24, 2.45) is 5.73 Å². The minimum atomic E-state index is -0.574. The van der Waals surface area contributed by atoms with Crippen LogP contribution in [-0.4, -0.2) is 22.8 Å². The van der Waals surface area contributed by atoms with Crippen LogP contribution in [0.5, 0.6) is 5.88 Å². The van der Waals surface area contributed by atoms with Crippen LogP contribution in [0.4, 0.5) is 0 Å². The lowest BCUT2D eigenvalue weighted by Crippen LogP contribution is -2.23. The molecule has 0 radical (unpaired) electrons. The van der Waals surface area contributed by atoms with E-state index in [1.54, 1.807) is 19.2 Å². The molecule has 0 aliphatic heterocycles. The lowest BCUT2D eigenvalue weighted by Gasteiger charge is -2.14. The summed E-state index contributed by atoms with van der Waals surface area (Å²) in [5, 5.41) is 9.26. The van der Waals surface area contributed by atoms with Gasteiger partial charge in [0.15, 0.2) is 0 Å². The van der Waals surface area contributed by atoms with Crippen molar-refractivity contribution >= 4 is 0 Å². The molecule has 1 aromatic heterocycles. The van der Waals surface area contributed by atoms with Crippen molar-refractivity contribution in [1.82, 2.24) is 4.98 Å². The zero-order chi connectivity index (χ0) is 10.6. The molecule has 4 nitrogen and oxygen atoms in total. The minimum absolute atomic E-state index is 0.391. The summed E-state index contributed by atoms with van der Waals surface area (Å²) in [6.07, 6.45) is 1.05. The Morgan fingerprint density at radius 3 is 2.71 bits per heavy atom. The Hall–Kier alpha value is -1.13. The van der Waals surface area contributed by atoms with Crippen LogP contribution in [0.1, 0.15) is 25.5 Å². The van der Waals surface area contributed by atoms with Crippen LogP contribution in [-0.2, 0) is 0 Å². The third-order valence-corrected chi connectivity index (χ3v) is 1.96. The molecule has 0 bridgehead atoms. The maximum absolute atomic E-state index is 9.26. The van der Waals surface area contributed by atoms with Crippen LogP contribution in [0, 0.1) is 0 Å². The van der Waals surface area contributed by atoms with Gasteiger partial charge in [0.2, 0.25) is 5.88 Å². The Bertz CT molecular complexity index is 272. The molecule has 14 heavy (non-hydrogen) atoms. The second kappa shape index (κ2) is 4.93. The molecule has 0 amide bonds. The zero-order valence-corrected chi connectivity index (χ0v) is 8.47. The topological polar surface area (TPSA) is 68.4 Å². The van der Waals surface area contributed by atoms with Gasteiger partial charge in [0.1, 0.15) is 0 Å². The van der Waals surface area contributed by atoms with Gasteiger partial charge in [-0.25, -0.2) is 4.98 Å². The normalized spacial score (nSPS) is 14.9. The Balaban J connectivity index is 2.72.